The quantitative estimate of drug-likeness (QED) is 0.555. The molecule has 0 amide bonds. The maximum Gasteiger partial charge on any atom is 0.241 e. The van der Waals surface area contributed by atoms with Crippen LogP contribution < -0.4 is 28.5 Å². The Morgan fingerprint density at radius 1 is 1.23 bits per heavy atom. The lowest BCUT2D eigenvalue weighted by Gasteiger charge is -2.10. The second-order valence-corrected chi connectivity index (χ2v) is 3.29. The monoisotopic (exact) mass is 294 g/mol. The normalized spacial score (nSPS) is 10.1. The van der Waals surface area contributed by atoms with E-state index in [-0.39, 0.29) is 24.0 Å². The van der Waals surface area contributed by atoms with Crippen LogP contribution in [0.4, 0.5) is 0 Å². The van der Waals surface area contributed by atoms with Crippen LogP contribution in [0.5, 0.6) is 0 Å². The second-order valence-electron chi connectivity index (χ2n) is 3.29. The third-order valence-electron chi connectivity index (χ3n) is 2.23. The first-order valence-electron chi connectivity index (χ1n) is 4.92. The highest BCUT2D eigenvalue weighted by Gasteiger charge is 2.12. The number of aromatic nitrogens is 2. The maximum atomic E-state index is 3.09. The predicted molar refractivity (Wildman–Crippen MR) is 49.8 cm³/mol. The maximum absolute atomic E-state index is 3.09. The van der Waals surface area contributed by atoms with E-state index in [1.807, 2.05) is 6.20 Å². The average molecular weight is 294 g/mol. The zero-order valence-corrected chi connectivity index (χ0v) is 10.6. The summed E-state index contributed by atoms with van der Waals surface area (Å²) < 4.78 is 2.28. The fourth-order valence-electron chi connectivity index (χ4n) is 1.64. The molecule has 0 radical (unpaired) electrons. The van der Waals surface area contributed by atoms with Crippen LogP contribution in [0.2, 0.25) is 0 Å². The Bertz CT molecular complexity index is 191. The molecule has 76 valence electrons. The summed E-state index contributed by atoms with van der Waals surface area (Å²) in [6, 6.07) is 0.700. The van der Waals surface area contributed by atoms with E-state index in [0.29, 0.717) is 6.04 Å². The van der Waals surface area contributed by atoms with Gasteiger partial charge < -0.3 is 24.0 Å². The van der Waals surface area contributed by atoms with Gasteiger partial charge in [0.15, 0.2) is 0 Å². The number of rotatable bonds is 5. The molecule has 0 bridgehead atoms. The molecule has 2 nitrogen and oxygen atoms in total. The molecule has 3 heteroatoms. The molecule has 1 rings (SSSR count). The van der Waals surface area contributed by atoms with E-state index in [2.05, 4.69) is 35.9 Å². The van der Waals surface area contributed by atoms with E-state index in [9.17, 15) is 0 Å². The minimum absolute atomic E-state index is 0. The van der Waals surface area contributed by atoms with Gasteiger partial charge in [0.25, 0.3) is 0 Å². The Morgan fingerprint density at radius 2 is 1.85 bits per heavy atom. The van der Waals surface area contributed by atoms with Crippen molar-refractivity contribution in [3.05, 3.63) is 18.7 Å². The van der Waals surface area contributed by atoms with E-state index in [1.165, 1.54) is 25.7 Å². The minimum Gasteiger partial charge on any atom is -1.00 e. The SMILES string of the molecule is CCCC(CCC)[n+]1cc[nH]c1.[I-]. The third-order valence-corrected chi connectivity index (χ3v) is 2.23. The summed E-state index contributed by atoms with van der Waals surface area (Å²) in [6.45, 7) is 4.49. The van der Waals surface area contributed by atoms with Crippen molar-refractivity contribution in [2.24, 2.45) is 0 Å². The molecule has 1 aromatic heterocycles. The second kappa shape index (κ2) is 7.35. The van der Waals surface area contributed by atoms with Gasteiger partial charge in [0.1, 0.15) is 18.4 Å². The molecule has 1 heterocycles. The summed E-state index contributed by atoms with van der Waals surface area (Å²) >= 11 is 0. The van der Waals surface area contributed by atoms with Crippen LogP contribution >= 0.6 is 0 Å². The Balaban J connectivity index is 0.00000144. The number of halogens is 1. The van der Waals surface area contributed by atoms with Gasteiger partial charge in [-0.15, -0.1) is 0 Å². The highest BCUT2D eigenvalue weighted by atomic mass is 127. The van der Waals surface area contributed by atoms with Crippen LogP contribution in [0.3, 0.4) is 0 Å². The van der Waals surface area contributed by atoms with Gasteiger partial charge in [-0.3, -0.25) is 4.98 Å². The van der Waals surface area contributed by atoms with E-state index in [4.69, 9.17) is 0 Å². The molecule has 0 spiro atoms. The van der Waals surface area contributed by atoms with Crippen LogP contribution in [0.25, 0.3) is 0 Å². The molecule has 13 heavy (non-hydrogen) atoms. The first-order valence-corrected chi connectivity index (χ1v) is 4.92. The van der Waals surface area contributed by atoms with Crippen LogP contribution in [0.1, 0.15) is 45.6 Å². The number of nitrogens with one attached hydrogen (secondary N) is 1. The molecular formula is C10H19IN2. The van der Waals surface area contributed by atoms with E-state index < -0.39 is 0 Å². The smallest absolute Gasteiger partial charge is 0.241 e. The predicted octanol–water partition coefficient (Wildman–Crippen LogP) is -0.552. The first-order chi connectivity index (χ1) is 5.88. The summed E-state index contributed by atoms with van der Waals surface area (Å²) in [6.07, 6.45) is 11.3. The van der Waals surface area contributed by atoms with Crippen molar-refractivity contribution in [3.63, 3.8) is 0 Å². The molecule has 0 fully saturated rings. The molecule has 0 saturated carbocycles. The summed E-state index contributed by atoms with van der Waals surface area (Å²) in [5.41, 5.74) is 0. The van der Waals surface area contributed by atoms with Crippen molar-refractivity contribution >= 4 is 0 Å². The molecule has 0 unspecified atom stereocenters. The van der Waals surface area contributed by atoms with Gasteiger partial charge in [0.05, 0.1) is 0 Å². The number of hydrogen-bond acceptors (Lipinski definition) is 0. The summed E-state index contributed by atoms with van der Waals surface area (Å²) in [7, 11) is 0. The lowest BCUT2D eigenvalue weighted by Crippen LogP contribution is -3.00. The highest BCUT2D eigenvalue weighted by Crippen LogP contribution is 2.12. The fourth-order valence-corrected chi connectivity index (χ4v) is 1.64. The molecule has 0 atom stereocenters. The molecule has 0 aliphatic rings. The van der Waals surface area contributed by atoms with Crippen molar-refractivity contribution in [3.8, 4) is 0 Å². The number of nitrogens with zero attached hydrogens (tertiary/aromatic N) is 1. The molecule has 0 saturated heterocycles. The van der Waals surface area contributed by atoms with Crippen molar-refractivity contribution < 1.29 is 28.5 Å². The van der Waals surface area contributed by atoms with Crippen LogP contribution in [0.15, 0.2) is 18.7 Å². The Kier molecular flexibility index (Phi) is 7.32. The van der Waals surface area contributed by atoms with Crippen LogP contribution in [-0.4, -0.2) is 4.98 Å². The van der Waals surface area contributed by atoms with Crippen molar-refractivity contribution in [2.45, 2.75) is 45.6 Å². The van der Waals surface area contributed by atoms with Crippen molar-refractivity contribution in [1.29, 1.82) is 0 Å². The molecule has 0 aliphatic heterocycles. The lowest BCUT2D eigenvalue weighted by atomic mass is 10.1. The number of H-pyrrole nitrogens is 1. The molecule has 0 aliphatic carbocycles. The van der Waals surface area contributed by atoms with Gasteiger partial charge in [0.2, 0.25) is 6.33 Å². The summed E-state index contributed by atoms with van der Waals surface area (Å²) in [4.78, 5) is 3.09. The first kappa shape index (κ1) is 12.9. The van der Waals surface area contributed by atoms with Crippen molar-refractivity contribution in [1.82, 2.24) is 4.98 Å². The van der Waals surface area contributed by atoms with Crippen LogP contribution in [0, 0.1) is 0 Å². The molecule has 1 N–H and O–H groups in total. The number of imidazole rings is 1. The Morgan fingerprint density at radius 3 is 2.23 bits per heavy atom. The highest BCUT2D eigenvalue weighted by molar-refractivity contribution is 4.59. The molecule has 1 aromatic rings. The number of hydrogen-bond donors (Lipinski definition) is 1. The third kappa shape index (κ3) is 4.11. The zero-order valence-electron chi connectivity index (χ0n) is 8.46. The zero-order chi connectivity index (χ0) is 8.81. The fraction of sp³-hybridized carbons (Fsp3) is 0.700. The van der Waals surface area contributed by atoms with E-state index in [0.717, 1.165) is 0 Å². The standard InChI is InChI=1S/C10H18N2.HI/c1-3-5-10(6-4-2)12-8-7-11-9-12;/h7-10H,3-6H2,1-2H3;1H. The number of aromatic amines is 1. The van der Waals surface area contributed by atoms with E-state index in [1.54, 1.807) is 0 Å². The largest absolute Gasteiger partial charge is 1.00 e. The van der Waals surface area contributed by atoms with Crippen molar-refractivity contribution in [2.75, 3.05) is 0 Å². The molecule has 0 aromatic carbocycles. The molecular weight excluding hydrogens is 275 g/mol. The van der Waals surface area contributed by atoms with Gasteiger partial charge in [-0.05, 0) is 12.8 Å². The van der Waals surface area contributed by atoms with Gasteiger partial charge in [0, 0.05) is 0 Å². The Hall–Kier alpha value is -0.0600. The summed E-state index contributed by atoms with van der Waals surface area (Å²) in [5, 5.41) is 0. The summed E-state index contributed by atoms with van der Waals surface area (Å²) in [5.74, 6) is 0. The lowest BCUT2D eigenvalue weighted by molar-refractivity contribution is -0.723. The van der Waals surface area contributed by atoms with Crippen LogP contribution in [-0.2, 0) is 0 Å². The van der Waals surface area contributed by atoms with Gasteiger partial charge >= 0.3 is 0 Å². The van der Waals surface area contributed by atoms with E-state index >= 15 is 0 Å². The van der Waals surface area contributed by atoms with Gasteiger partial charge in [-0.2, -0.15) is 0 Å². The van der Waals surface area contributed by atoms with Gasteiger partial charge in [-0.1, -0.05) is 26.7 Å². The average Bonchev–Trinajstić information content (AvgIpc) is 2.56. The van der Waals surface area contributed by atoms with Gasteiger partial charge in [-0.25, -0.2) is 4.57 Å². The topological polar surface area (TPSA) is 19.7 Å². The minimum atomic E-state index is 0. The Labute approximate surface area is 97.8 Å².